The van der Waals surface area contributed by atoms with Crippen LogP contribution in [-0.2, 0) is 9.53 Å². The fourth-order valence-electron chi connectivity index (χ4n) is 1.98. The Bertz CT molecular complexity index is 350. The van der Waals surface area contributed by atoms with Crippen LogP contribution >= 0.6 is 11.8 Å². The minimum Gasteiger partial charge on any atom is -0.383 e. The lowest BCUT2D eigenvalue weighted by Crippen LogP contribution is -2.49. The van der Waals surface area contributed by atoms with Gasteiger partial charge in [-0.05, 0) is 6.42 Å². The van der Waals surface area contributed by atoms with Gasteiger partial charge >= 0.3 is 0 Å². The van der Waals surface area contributed by atoms with Gasteiger partial charge in [0.05, 0.1) is 6.61 Å². The Labute approximate surface area is 132 Å². The summed E-state index contributed by atoms with van der Waals surface area (Å²) in [5.74, 6) is 1.94. The topological polar surface area (TPSA) is 57.2 Å². The molecule has 0 bridgehead atoms. The Morgan fingerprint density at radius 1 is 1.52 bits per heavy atom. The van der Waals surface area contributed by atoms with Gasteiger partial charge in [-0.25, -0.2) is 4.99 Å². The number of methoxy groups -OCH3 is 1. The van der Waals surface area contributed by atoms with E-state index >= 15 is 0 Å². The van der Waals surface area contributed by atoms with Crippen LogP contribution in [0.1, 0.15) is 13.3 Å². The molecular formula is C14H28N4O2S. The molecule has 1 atom stereocenters. The highest BCUT2D eigenvalue weighted by Crippen LogP contribution is 2.20. The smallest absolute Gasteiger partial charge is 0.243 e. The van der Waals surface area contributed by atoms with Gasteiger partial charge in [0.15, 0.2) is 5.96 Å². The maximum Gasteiger partial charge on any atom is 0.243 e. The molecule has 0 spiro atoms. The summed E-state index contributed by atoms with van der Waals surface area (Å²) in [5, 5.41) is 3.94. The number of amides is 1. The van der Waals surface area contributed by atoms with Crippen molar-refractivity contribution < 1.29 is 9.53 Å². The first kappa shape index (κ1) is 18.1. The molecule has 1 aliphatic rings. The van der Waals surface area contributed by atoms with Gasteiger partial charge in [-0.2, -0.15) is 11.8 Å². The summed E-state index contributed by atoms with van der Waals surface area (Å²) >= 11 is 2.02. The molecule has 1 heterocycles. The number of likely N-dealkylation sites (N-methyl/N-ethyl adjacent to an activating group) is 1. The van der Waals surface area contributed by atoms with E-state index in [0.717, 1.165) is 31.2 Å². The van der Waals surface area contributed by atoms with Gasteiger partial charge in [-0.15, -0.1) is 0 Å². The highest BCUT2D eigenvalue weighted by molar-refractivity contribution is 8.00. The van der Waals surface area contributed by atoms with E-state index in [0.29, 0.717) is 18.4 Å². The van der Waals surface area contributed by atoms with Crippen molar-refractivity contribution in [2.75, 3.05) is 59.7 Å². The van der Waals surface area contributed by atoms with Crippen molar-refractivity contribution in [2.45, 2.75) is 18.6 Å². The van der Waals surface area contributed by atoms with Crippen molar-refractivity contribution in [2.24, 2.45) is 4.99 Å². The predicted octanol–water partition coefficient (Wildman–Crippen LogP) is 0.494. The van der Waals surface area contributed by atoms with Crippen molar-refractivity contribution in [1.82, 2.24) is 15.1 Å². The molecule has 1 saturated heterocycles. The van der Waals surface area contributed by atoms with Crippen LogP contribution in [0, 0.1) is 0 Å². The Morgan fingerprint density at radius 2 is 2.29 bits per heavy atom. The lowest BCUT2D eigenvalue weighted by molar-refractivity contribution is -0.127. The van der Waals surface area contributed by atoms with Crippen LogP contribution in [0.15, 0.2) is 4.99 Å². The fraction of sp³-hybridized carbons (Fsp3) is 0.857. The van der Waals surface area contributed by atoms with Gasteiger partial charge in [0.25, 0.3) is 0 Å². The number of rotatable bonds is 6. The Hall–Kier alpha value is -0.950. The second kappa shape index (κ2) is 9.89. The first-order valence-electron chi connectivity index (χ1n) is 7.42. The molecule has 7 heteroatoms. The zero-order valence-corrected chi connectivity index (χ0v) is 14.4. The summed E-state index contributed by atoms with van der Waals surface area (Å²) in [5.41, 5.74) is 0. The highest BCUT2D eigenvalue weighted by Gasteiger charge is 2.21. The zero-order chi connectivity index (χ0) is 15.7. The van der Waals surface area contributed by atoms with Crippen LogP contribution < -0.4 is 5.32 Å². The average molecular weight is 316 g/mol. The number of ether oxygens (including phenoxy) is 1. The van der Waals surface area contributed by atoms with E-state index in [1.54, 1.807) is 26.1 Å². The Kier molecular flexibility index (Phi) is 8.52. The number of hydrogen-bond acceptors (Lipinski definition) is 4. The number of nitrogens with zero attached hydrogens (tertiary/aromatic N) is 3. The van der Waals surface area contributed by atoms with Crippen LogP contribution in [0.5, 0.6) is 0 Å². The average Bonchev–Trinajstić information content (AvgIpc) is 2.50. The summed E-state index contributed by atoms with van der Waals surface area (Å²) in [7, 11) is 5.18. The van der Waals surface area contributed by atoms with Crippen molar-refractivity contribution in [1.29, 1.82) is 0 Å². The standard InChI is InChI=1S/C14H28N4O2S/c1-5-12-11-18(7-9-21-12)14(15-6-8-20-4)16-10-13(19)17(2)3/h12H,5-11H2,1-4H3,(H,15,16). The molecule has 1 aliphatic heterocycles. The number of carbonyl (C=O) groups excluding carboxylic acids is 1. The van der Waals surface area contributed by atoms with Crippen molar-refractivity contribution in [3.8, 4) is 0 Å². The van der Waals surface area contributed by atoms with E-state index in [2.05, 4.69) is 22.1 Å². The first-order chi connectivity index (χ1) is 10.1. The van der Waals surface area contributed by atoms with E-state index in [9.17, 15) is 4.79 Å². The number of thioether (sulfide) groups is 1. The van der Waals surface area contributed by atoms with Gasteiger partial charge in [0, 0.05) is 51.8 Å². The maximum atomic E-state index is 11.7. The summed E-state index contributed by atoms with van der Waals surface area (Å²) in [4.78, 5) is 20.0. The first-order valence-corrected chi connectivity index (χ1v) is 8.47. The minimum absolute atomic E-state index is 0.0134. The Morgan fingerprint density at radius 3 is 2.90 bits per heavy atom. The number of guanidine groups is 1. The summed E-state index contributed by atoms with van der Waals surface area (Å²) in [6.45, 7) is 5.67. The van der Waals surface area contributed by atoms with E-state index < -0.39 is 0 Å². The number of aliphatic imine (C=N–C) groups is 1. The molecular weight excluding hydrogens is 288 g/mol. The maximum absolute atomic E-state index is 11.7. The van der Waals surface area contributed by atoms with Gasteiger partial charge < -0.3 is 19.9 Å². The predicted molar refractivity (Wildman–Crippen MR) is 89.0 cm³/mol. The monoisotopic (exact) mass is 316 g/mol. The summed E-state index contributed by atoms with van der Waals surface area (Å²) < 4.78 is 5.07. The van der Waals surface area contributed by atoms with Crippen LogP contribution in [0.3, 0.4) is 0 Å². The Balaban J connectivity index is 2.66. The minimum atomic E-state index is 0.0134. The van der Waals surface area contributed by atoms with Crippen molar-refractivity contribution in [3.63, 3.8) is 0 Å². The summed E-state index contributed by atoms with van der Waals surface area (Å²) in [6.07, 6.45) is 1.16. The largest absolute Gasteiger partial charge is 0.383 e. The van der Waals surface area contributed by atoms with Crippen LogP contribution in [0.4, 0.5) is 0 Å². The molecule has 1 N–H and O–H groups in total. The molecule has 1 fully saturated rings. The molecule has 1 amide bonds. The van der Waals surface area contributed by atoms with Crippen LogP contribution in [0.25, 0.3) is 0 Å². The van der Waals surface area contributed by atoms with E-state index in [1.807, 2.05) is 11.8 Å². The van der Waals surface area contributed by atoms with Crippen molar-refractivity contribution >= 4 is 23.6 Å². The third kappa shape index (κ3) is 6.56. The molecule has 0 radical (unpaired) electrons. The van der Waals surface area contributed by atoms with Gasteiger partial charge in [0.2, 0.25) is 5.91 Å². The molecule has 21 heavy (non-hydrogen) atoms. The quantitative estimate of drug-likeness (QED) is 0.439. The summed E-state index contributed by atoms with van der Waals surface area (Å²) in [6, 6.07) is 0. The molecule has 6 nitrogen and oxygen atoms in total. The normalized spacial score (nSPS) is 19.5. The second-order valence-corrected chi connectivity index (χ2v) is 6.60. The van der Waals surface area contributed by atoms with E-state index in [4.69, 9.17) is 4.74 Å². The number of nitrogens with one attached hydrogen (secondary N) is 1. The van der Waals surface area contributed by atoms with Gasteiger partial charge in [-0.1, -0.05) is 6.92 Å². The molecule has 1 rings (SSSR count). The number of carbonyl (C=O) groups is 1. The fourth-order valence-corrected chi connectivity index (χ4v) is 3.16. The van der Waals surface area contributed by atoms with E-state index in [1.165, 1.54) is 0 Å². The van der Waals surface area contributed by atoms with Crippen LogP contribution in [-0.4, -0.2) is 86.7 Å². The lowest BCUT2D eigenvalue weighted by atomic mass is 10.3. The van der Waals surface area contributed by atoms with Gasteiger partial charge in [0.1, 0.15) is 6.54 Å². The lowest BCUT2D eigenvalue weighted by Gasteiger charge is -2.34. The molecule has 122 valence electrons. The van der Waals surface area contributed by atoms with Gasteiger partial charge in [-0.3, -0.25) is 4.79 Å². The third-order valence-electron chi connectivity index (χ3n) is 3.35. The molecule has 0 aliphatic carbocycles. The molecule has 0 aromatic carbocycles. The molecule has 1 unspecified atom stereocenters. The molecule has 0 saturated carbocycles. The highest BCUT2D eigenvalue weighted by atomic mass is 32.2. The zero-order valence-electron chi connectivity index (χ0n) is 13.6. The van der Waals surface area contributed by atoms with E-state index in [-0.39, 0.29) is 12.5 Å². The SMILES string of the molecule is CCC1CN(C(=NCC(=O)N(C)C)NCCOC)CCS1. The number of hydrogen-bond donors (Lipinski definition) is 1. The van der Waals surface area contributed by atoms with Crippen LogP contribution in [0.2, 0.25) is 0 Å². The third-order valence-corrected chi connectivity index (χ3v) is 4.72. The molecule has 0 aromatic rings. The van der Waals surface area contributed by atoms with Crippen molar-refractivity contribution in [3.05, 3.63) is 0 Å². The second-order valence-electron chi connectivity index (χ2n) is 5.19. The molecule has 0 aromatic heterocycles.